The summed E-state index contributed by atoms with van der Waals surface area (Å²) in [5.74, 6) is 0. The number of hydrogen-bond donors (Lipinski definition) is 1. The number of nitrogens with zero attached hydrogens (tertiary/aromatic N) is 2. The smallest absolute Gasteiger partial charge is 0.154 e. The topological polar surface area (TPSA) is 78.0 Å². The van der Waals surface area contributed by atoms with Gasteiger partial charge >= 0.3 is 0 Å². The summed E-state index contributed by atoms with van der Waals surface area (Å²) < 4.78 is 24.1. The number of rotatable bonds is 5. The second kappa shape index (κ2) is 4.78. The van der Waals surface area contributed by atoms with Crippen LogP contribution in [0.5, 0.6) is 0 Å². The summed E-state index contributed by atoms with van der Waals surface area (Å²) in [6.07, 6.45) is 4.32. The van der Waals surface area contributed by atoms with Crippen LogP contribution in [0.15, 0.2) is 12.3 Å². The Morgan fingerprint density at radius 1 is 1.53 bits per heavy atom. The second-order valence-corrected chi connectivity index (χ2v) is 7.56. The van der Waals surface area contributed by atoms with E-state index < -0.39 is 14.6 Å². The van der Waals surface area contributed by atoms with E-state index in [1.54, 1.807) is 24.7 Å². The molecule has 0 aliphatic heterocycles. The first-order valence-corrected chi connectivity index (χ1v) is 7.47. The molecule has 1 atom stereocenters. The fourth-order valence-corrected chi connectivity index (χ4v) is 2.24. The zero-order valence-electron chi connectivity index (χ0n) is 10.8. The van der Waals surface area contributed by atoms with Gasteiger partial charge in [0.25, 0.3) is 0 Å². The van der Waals surface area contributed by atoms with Crippen LogP contribution in [0.4, 0.5) is 0 Å². The van der Waals surface area contributed by atoms with E-state index in [1.807, 2.05) is 13.1 Å². The Kier molecular flexibility index (Phi) is 3.99. The third-order valence-electron chi connectivity index (χ3n) is 3.48. The van der Waals surface area contributed by atoms with Crippen LogP contribution in [0.1, 0.15) is 26.0 Å². The van der Waals surface area contributed by atoms with E-state index in [4.69, 9.17) is 5.73 Å². The van der Waals surface area contributed by atoms with E-state index >= 15 is 0 Å². The van der Waals surface area contributed by atoms with Crippen molar-refractivity contribution in [1.82, 2.24) is 9.78 Å². The van der Waals surface area contributed by atoms with Crippen molar-refractivity contribution in [3.63, 3.8) is 0 Å². The van der Waals surface area contributed by atoms with Crippen molar-refractivity contribution in [2.75, 3.05) is 6.26 Å². The van der Waals surface area contributed by atoms with Gasteiger partial charge in [0.15, 0.2) is 9.84 Å². The lowest BCUT2D eigenvalue weighted by atomic mass is 9.98. The average molecular weight is 259 g/mol. The van der Waals surface area contributed by atoms with E-state index in [-0.39, 0.29) is 6.04 Å². The molecule has 1 unspecified atom stereocenters. The maximum absolute atomic E-state index is 11.6. The molecule has 1 heterocycles. The number of hydrogen-bond acceptors (Lipinski definition) is 4. The van der Waals surface area contributed by atoms with Crippen LogP contribution in [0.25, 0.3) is 0 Å². The molecule has 6 heteroatoms. The van der Waals surface area contributed by atoms with E-state index in [9.17, 15) is 8.42 Å². The summed E-state index contributed by atoms with van der Waals surface area (Å²) in [6, 6.07) is 1.53. The molecule has 2 N–H and O–H groups in total. The minimum atomic E-state index is -3.15. The summed E-state index contributed by atoms with van der Waals surface area (Å²) >= 11 is 0. The lowest BCUT2D eigenvalue weighted by molar-refractivity contribution is 0.459. The number of aromatic nitrogens is 2. The molecule has 98 valence electrons. The van der Waals surface area contributed by atoms with Crippen LogP contribution < -0.4 is 5.73 Å². The average Bonchev–Trinajstić information content (AvgIpc) is 2.58. The summed E-state index contributed by atoms with van der Waals surface area (Å²) in [7, 11) is -1.29. The van der Waals surface area contributed by atoms with E-state index in [0.29, 0.717) is 6.42 Å². The van der Waals surface area contributed by atoms with Crippen molar-refractivity contribution in [1.29, 1.82) is 0 Å². The molecule has 1 rings (SSSR count). The molecule has 0 saturated heterocycles. The number of aryl methyl sites for hydroxylation is 2. The third kappa shape index (κ3) is 3.07. The Hall–Kier alpha value is -0.880. The second-order valence-electron chi connectivity index (χ2n) is 4.97. The predicted octanol–water partition coefficient (Wildman–Crippen LogP) is 0.503. The molecule has 5 nitrogen and oxygen atoms in total. The Morgan fingerprint density at radius 2 is 2.12 bits per heavy atom. The predicted molar refractivity (Wildman–Crippen MR) is 68.4 cm³/mol. The Bertz CT molecular complexity index is 477. The van der Waals surface area contributed by atoms with Crippen molar-refractivity contribution in [2.45, 2.75) is 37.5 Å². The molecule has 0 amide bonds. The molecule has 0 aliphatic rings. The first-order valence-electron chi connectivity index (χ1n) is 5.58. The first kappa shape index (κ1) is 14.2. The highest BCUT2D eigenvalue weighted by Crippen LogP contribution is 2.21. The van der Waals surface area contributed by atoms with Crippen LogP contribution in [0, 0.1) is 0 Å². The summed E-state index contributed by atoms with van der Waals surface area (Å²) in [5, 5.41) is 4.06. The molecule has 1 aromatic heterocycles. The minimum Gasteiger partial charge on any atom is -0.326 e. The molecule has 17 heavy (non-hydrogen) atoms. The van der Waals surface area contributed by atoms with Crippen LogP contribution in [0.3, 0.4) is 0 Å². The quantitative estimate of drug-likeness (QED) is 0.835. The van der Waals surface area contributed by atoms with Gasteiger partial charge in [0.05, 0.1) is 4.75 Å². The maximum atomic E-state index is 11.6. The van der Waals surface area contributed by atoms with E-state index in [0.717, 1.165) is 12.1 Å². The van der Waals surface area contributed by atoms with Gasteiger partial charge in [-0.3, -0.25) is 4.68 Å². The molecule has 0 radical (unpaired) electrons. The molecule has 0 aliphatic carbocycles. The van der Waals surface area contributed by atoms with Gasteiger partial charge in [-0.25, -0.2) is 8.42 Å². The Morgan fingerprint density at radius 3 is 2.53 bits per heavy atom. The van der Waals surface area contributed by atoms with Crippen molar-refractivity contribution in [3.8, 4) is 0 Å². The molecular formula is C11H21N3O2S. The van der Waals surface area contributed by atoms with Crippen molar-refractivity contribution in [2.24, 2.45) is 12.8 Å². The monoisotopic (exact) mass is 259 g/mol. The standard InChI is InChI=1S/C11H21N3O2S/c1-11(2,17(4,15)16)10(12)6-5-9-7-8-13-14(9)3/h7-8,10H,5-6,12H2,1-4H3. The van der Waals surface area contributed by atoms with Gasteiger partial charge in [0.1, 0.15) is 0 Å². The molecular weight excluding hydrogens is 238 g/mol. The van der Waals surface area contributed by atoms with Crippen LogP contribution in [0.2, 0.25) is 0 Å². The summed E-state index contributed by atoms with van der Waals surface area (Å²) in [5.41, 5.74) is 7.06. The van der Waals surface area contributed by atoms with Gasteiger partial charge in [0, 0.05) is 31.2 Å². The van der Waals surface area contributed by atoms with Gasteiger partial charge in [-0.1, -0.05) is 0 Å². The van der Waals surface area contributed by atoms with Crippen molar-refractivity contribution in [3.05, 3.63) is 18.0 Å². The van der Waals surface area contributed by atoms with Gasteiger partial charge in [-0.15, -0.1) is 0 Å². The summed E-state index contributed by atoms with van der Waals surface area (Å²) in [6.45, 7) is 3.35. The summed E-state index contributed by atoms with van der Waals surface area (Å²) in [4.78, 5) is 0. The fourth-order valence-electron chi connectivity index (χ4n) is 1.57. The zero-order chi connectivity index (χ0) is 13.3. The van der Waals surface area contributed by atoms with E-state index in [2.05, 4.69) is 5.10 Å². The highest BCUT2D eigenvalue weighted by Gasteiger charge is 2.36. The van der Waals surface area contributed by atoms with Crippen molar-refractivity contribution < 1.29 is 8.42 Å². The van der Waals surface area contributed by atoms with Gasteiger partial charge < -0.3 is 5.73 Å². The minimum absolute atomic E-state index is 0.382. The Balaban J connectivity index is 2.68. The first-order chi connectivity index (χ1) is 7.66. The van der Waals surface area contributed by atoms with Gasteiger partial charge in [-0.05, 0) is 32.8 Å². The Labute approximate surface area is 103 Å². The molecule has 0 aromatic carbocycles. The molecule has 1 aromatic rings. The molecule has 0 bridgehead atoms. The van der Waals surface area contributed by atoms with Gasteiger partial charge in [-0.2, -0.15) is 5.10 Å². The SMILES string of the molecule is Cn1nccc1CCC(N)C(C)(C)S(C)(=O)=O. The normalized spacial score (nSPS) is 14.9. The molecule has 0 fully saturated rings. The lowest BCUT2D eigenvalue weighted by Crippen LogP contribution is -2.49. The fraction of sp³-hybridized carbons (Fsp3) is 0.727. The van der Waals surface area contributed by atoms with Crippen LogP contribution in [-0.2, 0) is 23.3 Å². The largest absolute Gasteiger partial charge is 0.326 e. The number of sulfone groups is 1. The van der Waals surface area contributed by atoms with Crippen molar-refractivity contribution >= 4 is 9.84 Å². The van der Waals surface area contributed by atoms with Crippen LogP contribution in [-0.4, -0.2) is 35.2 Å². The third-order valence-corrected chi connectivity index (χ3v) is 5.70. The molecule has 0 spiro atoms. The number of nitrogens with two attached hydrogens (primary N) is 1. The highest BCUT2D eigenvalue weighted by molar-refractivity contribution is 7.92. The molecule has 0 saturated carbocycles. The maximum Gasteiger partial charge on any atom is 0.154 e. The highest BCUT2D eigenvalue weighted by atomic mass is 32.2. The lowest BCUT2D eigenvalue weighted by Gasteiger charge is -2.29. The zero-order valence-corrected chi connectivity index (χ0v) is 11.7. The van der Waals surface area contributed by atoms with Gasteiger partial charge in [0.2, 0.25) is 0 Å². The van der Waals surface area contributed by atoms with Crippen LogP contribution >= 0.6 is 0 Å². The van der Waals surface area contributed by atoms with E-state index in [1.165, 1.54) is 6.26 Å².